The first kappa shape index (κ1) is 21.6. The third kappa shape index (κ3) is 4.24. The molecule has 1 heterocycles. The van der Waals surface area contributed by atoms with Gasteiger partial charge in [-0.15, -0.1) is 0 Å². The van der Waals surface area contributed by atoms with E-state index in [2.05, 4.69) is 62.4 Å². The molecule has 0 saturated heterocycles. The topological polar surface area (TPSA) is 79.4 Å². The molecule has 0 spiro atoms. The summed E-state index contributed by atoms with van der Waals surface area (Å²) >= 11 is 0. The van der Waals surface area contributed by atoms with Crippen molar-refractivity contribution in [3.63, 3.8) is 0 Å². The number of ether oxygens (including phenoxy) is 1. The average molecular weight is 428 g/mol. The van der Waals surface area contributed by atoms with Crippen molar-refractivity contribution in [3.05, 3.63) is 82.4 Å². The van der Waals surface area contributed by atoms with Crippen molar-refractivity contribution in [3.8, 4) is 0 Å². The number of fused-ring (bicyclic) bond motifs is 2. The van der Waals surface area contributed by atoms with Gasteiger partial charge in [0.1, 0.15) is 5.84 Å². The van der Waals surface area contributed by atoms with Crippen LogP contribution in [0.3, 0.4) is 0 Å². The summed E-state index contributed by atoms with van der Waals surface area (Å²) in [6.07, 6.45) is 4.79. The molecule has 0 bridgehead atoms. The monoisotopic (exact) mass is 427 g/mol. The van der Waals surface area contributed by atoms with Crippen molar-refractivity contribution >= 4 is 34.9 Å². The molecule has 5 heteroatoms. The van der Waals surface area contributed by atoms with Crippen LogP contribution in [-0.4, -0.2) is 30.5 Å². The number of carbonyl (C=O) groups is 1. The van der Waals surface area contributed by atoms with Gasteiger partial charge in [-0.2, -0.15) is 0 Å². The Morgan fingerprint density at radius 3 is 2.41 bits per heavy atom. The zero-order chi connectivity index (χ0) is 22.8. The Balaban J connectivity index is 1.63. The van der Waals surface area contributed by atoms with E-state index in [1.54, 1.807) is 0 Å². The highest BCUT2D eigenvalue weighted by molar-refractivity contribution is 5.99. The Labute approximate surface area is 189 Å². The van der Waals surface area contributed by atoms with E-state index in [9.17, 15) is 4.79 Å². The molecule has 1 amide bonds. The number of nitrogens with one attached hydrogen (secondary N) is 1. The molecule has 0 saturated carbocycles. The number of benzene rings is 3. The maximum atomic E-state index is 12.3. The minimum absolute atomic E-state index is 0.00990. The molecule has 1 aliphatic heterocycles. The molecule has 3 aromatic rings. The van der Waals surface area contributed by atoms with Gasteiger partial charge in [0, 0.05) is 12.1 Å². The van der Waals surface area contributed by atoms with E-state index in [-0.39, 0.29) is 23.9 Å². The van der Waals surface area contributed by atoms with Crippen molar-refractivity contribution in [2.24, 2.45) is 11.7 Å². The highest BCUT2D eigenvalue weighted by atomic mass is 16.5. The zero-order valence-electron chi connectivity index (χ0n) is 18.8. The van der Waals surface area contributed by atoms with Crippen LogP contribution < -0.4 is 5.73 Å². The number of nitrogen functional groups attached to an aromatic ring is 1. The number of methoxy groups -OCH3 is 1. The van der Waals surface area contributed by atoms with Crippen LogP contribution in [0.1, 0.15) is 47.7 Å². The smallest absolute Gasteiger partial charge is 0.410 e. The standard InChI is InChI=1S/C27H29N3O2/c1-17(2)25-24-15-19(6-8-20(24)12-13-30(25)27(31)32-3)5-4-18-7-9-22-16-23(26(28)29)11-10-21(22)14-18/h4-11,14-17,25H,12-13H2,1-3H3,(H3,28,29)/b5-4+. The van der Waals surface area contributed by atoms with Gasteiger partial charge in [0.05, 0.1) is 13.2 Å². The number of hydrogen-bond acceptors (Lipinski definition) is 3. The summed E-state index contributed by atoms with van der Waals surface area (Å²) < 4.78 is 5.03. The second-order valence-corrected chi connectivity index (χ2v) is 8.63. The lowest BCUT2D eigenvalue weighted by Crippen LogP contribution is -2.42. The van der Waals surface area contributed by atoms with Crippen LogP contribution in [0.25, 0.3) is 22.9 Å². The van der Waals surface area contributed by atoms with Crippen molar-refractivity contribution in [2.45, 2.75) is 26.3 Å². The summed E-state index contributed by atoms with van der Waals surface area (Å²) in [7, 11) is 1.44. The summed E-state index contributed by atoms with van der Waals surface area (Å²) in [5, 5.41) is 9.77. The van der Waals surface area contributed by atoms with E-state index in [0.717, 1.165) is 33.9 Å². The third-order valence-corrected chi connectivity index (χ3v) is 6.13. The SMILES string of the molecule is COC(=O)N1CCc2ccc(/C=C/c3ccc4cc(C(=N)N)ccc4c3)cc2C1C(C)C. The summed E-state index contributed by atoms with van der Waals surface area (Å²) in [6, 6.07) is 18.6. The Kier molecular flexibility index (Phi) is 5.99. The Morgan fingerprint density at radius 1 is 1.06 bits per heavy atom. The summed E-state index contributed by atoms with van der Waals surface area (Å²) in [4.78, 5) is 14.2. The second-order valence-electron chi connectivity index (χ2n) is 8.63. The van der Waals surface area contributed by atoms with Crippen LogP contribution >= 0.6 is 0 Å². The van der Waals surface area contributed by atoms with Gasteiger partial charge in [0.2, 0.25) is 0 Å². The fourth-order valence-corrected chi connectivity index (χ4v) is 4.54. The van der Waals surface area contributed by atoms with E-state index in [1.807, 2.05) is 23.1 Å². The van der Waals surface area contributed by atoms with E-state index in [1.165, 1.54) is 18.2 Å². The highest BCUT2D eigenvalue weighted by Crippen LogP contribution is 2.36. The van der Waals surface area contributed by atoms with Crippen LogP contribution in [0, 0.1) is 11.3 Å². The Morgan fingerprint density at radius 2 is 1.72 bits per heavy atom. The summed E-state index contributed by atoms with van der Waals surface area (Å²) in [6.45, 7) is 4.97. The molecule has 0 fully saturated rings. The first-order valence-electron chi connectivity index (χ1n) is 10.9. The van der Waals surface area contributed by atoms with Crippen LogP contribution in [0.2, 0.25) is 0 Å². The number of rotatable bonds is 4. The Hall–Kier alpha value is -3.60. The van der Waals surface area contributed by atoms with Gasteiger partial charge in [0.25, 0.3) is 0 Å². The number of hydrogen-bond donors (Lipinski definition) is 2. The largest absolute Gasteiger partial charge is 0.453 e. The van der Waals surface area contributed by atoms with Gasteiger partial charge in [-0.05, 0) is 63.6 Å². The van der Waals surface area contributed by atoms with Gasteiger partial charge in [-0.25, -0.2) is 4.79 Å². The predicted molar refractivity (Wildman–Crippen MR) is 131 cm³/mol. The number of amidine groups is 1. The molecule has 164 valence electrons. The van der Waals surface area contributed by atoms with E-state index in [4.69, 9.17) is 15.9 Å². The quantitative estimate of drug-likeness (QED) is 0.322. The second kappa shape index (κ2) is 8.87. The van der Waals surface area contributed by atoms with Crippen LogP contribution in [-0.2, 0) is 11.2 Å². The molecule has 5 nitrogen and oxygen atoms in total. The first-order chi connectivity index (χ1) is 15.4. The molecular formula is C27H29N3O2. The number of nitrogens with two attached hydrogens (primary N) is 1. The van der Waals surface area contributed by atoms with Crippen LogP contribution in [0.15, 0.2) is 54.6 Å². The van der Waals surface area contributed by atoms with Crippen molar-refractivity contribution in [1.82, 2.24) is 4.90 Å². The third-order valence-electron chi connectivity index (χ3n) is 6.13. The van der Waals surface area contributed by atoms with Gasteiger partial charge >= 0.3 is 6.09 Å². The fraction of sp³-hybridized carbons (Fsp3) is 0.259. The lowest BCUT2D eigenvalue weighted by molar-refractivity contribution is 0.0877. The maximum Gasteiger partial charge on any atom is 0.410 e. The number of amides is 1. The highest BCUT2D eigenvalue weighted by Gasteiger charge is 2.33. The normalized spacial score (nSPS) is 15.9. The molecular weight excluding hydrogens is 398 g/mol. The minimum atomic E-state index is -0.264. The number of nitrogens with zero attached hydrogens (tertiary/aromatic N) is 1. The van der Waals surface area contributed by atoms with Crippen molar-refractivity contribution < 1.29 is 9.53 Å². The zero-order valence-corrected chi connectivity index (χ0v) is 18.8. The Bertz CT molecular complexity index is 1210. The van der Waals surface area contributed by atoms with E-state index < -0.39 is 0 Å². The molecule has 0 aliphatic carbocycles. The van der Waals surface area contributed by atoms with Crippen LogP contribution in [0.5, 0.6) is 0 Å². The van der Waals surface area contributed by atoms with Gasteiger partial charge in [-0.1, -0.05) is 62.4 Å². The molecule has 1 atom stereocenters. The average Bonchev–Trinajstić information content (AvgIpc) is 2.80. The molecule has 32 heavy (non-hydrogen) atoms. The molecule has 1 aliphatic rings. The van der Waals surface area contributed by atoms with Crippen molar-refractivity contribution in [1.29, 1.82) is 5.41 Å². The summed E-state index contributed by atoms with van der Waals surface area (Å²) in [5.74, 6) is 0.363. The molecule has 0 radical (unpaired) electrons. The van der Waals surface area contributed by atoms with E-state index >= 15 is 0 Å². The maximum absolute atomic E-state index is 12.3. The molecule has 0 aromatic heterocycles. The molecule has 3 aromatic carbocycles. The van der Waals surface area contributed by atoms with Gasteiger partial charge in [-0.3, -0.25) is 5.41 Å². The first-order valence-corrected chi connectivity index (χ1v) is 10.9. The molecule has 4 rings (SSSR count). The van der Waals surface area contributed by atoms with Gasteiger partial charge < -0.3 is 15.4 Å². The minimum Gasteiger partial charge on any atom is -0.453 e. The lowest BCUT2D eigenvalue weighted by Gasteiger charge is -2.38. The lowest BCUT2D eigenvalue weighted by atomic mass is 9.85. The van der Waals surface area contributed by atoms with Crippen LogP contribution in [0.4, 0.5) is 4.79 Å². The van der Waals surface area contributed by atoms with E-state index in [0.29, 0.717) is 6.54 Å². The number of carbonyl (C=O) groups excluding carboxylic acids is 1. The molecule has 3 N–H and O–H groups in total. The van der Waals surface area contributed by atoms with Gasteiger partial charge in [0.15, 0.2) is 0 Å². The predicted octanol–water partition coefficient (Wildman–Crippen LogP) is 5.62. The molecule has 1 unspecified atom stereocenters. The fourth-order valence-electron chi connectivity index (χ4n) is 4.54. The summed E-state index contributed by atoms with van der Waals surface area (Å²) in [5.41, 5.74) is 11.0. The van der Waals surface area contributed by atoms with Crippen molar-refractivity contribution in [2.75, 3.05) is 13.7 Å².